The first-order valence-electron chi connectivity index (χ1n) is 10.7. The number of benzene rings is 2. The summed E-state index contributed by atoms with van der Waals surface area (Å²) < 4.78 is 1.03. The fourth-order valence-electron chi connectivity index (χ4n) is 3.73. The minimum atomic E-state index is -0.578. The third kappa shape index (κ3) is 7.41. The topological polar surface area (TPSA) is 49.4 Å². The lowest BCUT2D eigenvalue weighted by molar-refractivity contribution is -0.138. The van der Waals surface area contributed by atoms with Gasteiger partial charge in [-0.3, -0.25) is 9.59 Å². The van der Waals surface area contributed by atoms with Crippen LogP contribution in [-0.4, -0.2) is 34.6 Å². The Hall–Kier alpha value is -1.21. The molecule has 0 radical (unpaired) electrons. The summed E-state index contributed by atoms with van der Waals surface area (Å²) in [7, 11) is 0. The molecule has 0 heterocycles. The molecule has 0 bridgehead atoms. The molecule has 0 aromatic heterocycles. The zero-order valence-electron chi connectivity index (χ0n) is 18.0. The van der Waals surface area contributed by atoms with E-state index in [1.807, 2.05) is 30.3 Å². The van der Waals surface area contributed by atoms with Gasteiger partial charge in [0, 0.05) is 22.8 Å². The summed E-state index contributed by atoms with van der Waals surface area (Å²) in [5.74, 6) is 0.830. The van der Waals surface area contributed by atoms with E-state index in [2.05, 4.69) is 21.2 Å². The van der Waals surface area contributed by atoms with Crippen molar-refractivity contribution < 1.29 is 9.59 Å². The third-order valence-electron chi connectivity index (χ3n) is 5.61. The average molecular weight is 558 g/mol. The second-order valence-corrected chi connectivity index (χ2v) is 10.8. The fraction of sp³-hybridized carbons (Fsp3) is 0.417. The molecule has 1 unspecified atom stereocenters. The minimum Gasteiger partial charge on any atom is -0.352 e. The van der Waals surface area contributed by atoms with Gasteiger partial charge in [-0.1, -0.05) is 70.2 Å². The van der Waals surface area contributed by atoms with Gasteiger partial charge >= 0.3 is 0 Å². The van der Waals surface area contributed by atoms with Gasteiger partial charge in [0.25, 0.3) is 0 Å². The van der Waals surface area contributed by atoms with E-state index in [9.17, 15) is 9.59 Å². The molecule has 1 aliphatic rings. The Morgan fingerprint density at radius 2 is 1.75 bits per heavy atom. The normalized spacial score (nSPS) is 14.9. The summed E-state index contributed by atoms with van der Waals surface area (Å²) in [6, 6.07) is 13.0. The van der Waals surface area contributed by atoms with Crippen LogP contribution in [0.1, 0.15) is 43.7 Å². The number of nitrogens with zero attached hydrogens (tertiary/aromatic N) is 1. The third-order valence-corrected chi connectivity index (χ3v) is 7.87. The highest BCUT2D eigenvalue weighted by atomic mass is 79.9. The van der Waals surface area contributed by atoms with Gasteiger partial charge in [-0.15, -0.1) is 11.8 Å². The molecular weight excluding hydrogens is 531 g/mol. The number of amides is 2. The molecule has 0 aliphatic heterocycles. The van der Waals surface area contributed by atoms with Crippen molar-refractivity contribution in [3.8, 4) is 0 Å². The largest absolute Gasteiger partial charge is 0.352 e. The maximum absolute atomic E-state index is 13.2. The molecule has 2 amide bonds. The molecule has 1 atom stereocenters. The van der Waals surface area contributed by atoms with E-state index in [-0.39, 0.29) is 17.9 Å². The van der Waals surface area contributed by atoms with Crippen LogP contribution < -0.4 is 5.32 Å². The lowest BCUT2D eigenvalue weighted by Crippen LogP contribution is -2.50. The van der Waals surface area contributed by atoms with E-state index in [0.29, 0.717) is 22.3 Å². The Kier molecular flexibility index (Phi) is 9.77. The number of hydrogen-bond donors (Lipinski definition) is 1. The van der Waals surface area contributed by atoms with E-state index in [0.717, 1.165) is 47.0 Å². The number of thioether (sulfide) groups is 1. The van der Waals surface area contributed by atoms with Crippen molar-refractivity contribution in [3.05, 3.63) is 68.1 Å². The molecule has 32 heavy (non-hydrogen) atoms. The van der Waals surface area contributed by atoms with E-state index in [1.165, 1.54) is 0 Å². The lowest BCUT2D eigenvalue weighted by atomic mass is 10.1. The second-order valence-electron chi connectivity index (χ2n) is 8.06. The Morgan fingerprint density at radius 3 is 2.41 bits per heavy atom. The smallest absolute Gasteiger partial charge is 0.242 e. The van der Waals surface area contributed by atoms with Crippen LogP contribution in [0.3, 0.4) is 0 Å². The summed E-state index contributed by atoms with van der Waals surface area (Å²) >= 11 is 17.2. The van der Waals surface area contributed by atoms with Gasteiger partial charge in [-0.05, 0) is 55.2 Å². The summed E-state index contributed by atoms with van der Waals surface area (Å²) in [6.07, 6.45) is 4.28. The predicted octanol–water partition coefficient (Wildman–Crippen LogP) is 6.47. The van der Waals surface area contributed by atoms with Crippen molar-refractivity contribution in [2.75, 3.05) is 5.75 Å². The lowest BCUT2D eigenvalue weighted by Gasteiger charge is -2.30. The van der Waals surface area contributed by atoms with Crippen molar-refractivity contribution in [1.29, 1.82) is 0 Å². The number of hydrogen-bond acceptors (Lipinski definition) is 3. The van der Waals surface area contributed by atoms with Crippen LogP contribution in [0.15, 0.2) is 46.9 Å². The number of nitrogens with one attached hydrogen (secondary N) is 1. The molecule has 4 nitrogen and oxygen atoms in total. The monoisotopic (exact) mass is 556 g/mol. The Labute approximate surface area is 212 Å². The fourth-order valence-corrected chi connectivity index (χ4v) is 5.18. The van der Waals surface area contributed by atoms with Crippen molar-refractivity contribution in [1.82, 2.24) is 10.2 Å². The molecule has 1 aliphatic carbocycles. The van der Waals surface area contributed by atoms with Crippen LogP contribution in [-0.2, 0) is 21.9 Å². The first kappa shape index (κ1) is 25.4. The van der Waals surface area contributed by atoms with Crippen LogP contribution in [0.25, 0.3) is 0 Å². The number of carbonyl (C=O) groups is 2. The number of halogens is 3. The molecule has 8 heteroatoms. The molecule has 0 saturated heterocycles. The molecule has 1 N–H and O–H groups in total. The highest BCUT2D eigenvalue weighted by molar-refractivity contribution is 9.10. The molecule has 3 rings (SSSR count). The summed E-state index contributed by atoms with van der Waals surface area (Å²) in [5.41, 5.74) is 1.99. The van der Waals surface area contributed by atoms with Gasteiger partial charge in [-0.25, -0.2) is 0 Å². The van der Waals surface area contributed by atoms with Crippen LogP contribution in [0, 0.1) is 0 Å². The quantitative estimate of drug-likeness (QED) is 0.384. The minimum absolute atomic E-state index is 0.0766. The van der Waals surface area contributed by atoms with Gasteiger partial charge in [0.2, 0.25) is 11.8 Å². The van der Waals surface area contributed by atoms with Gasteiger partial charge in [-0.2, -0.15) is 0 Å². The van der Waals surface area contributed by atoms with E-state index >= 15 is 0 Å². The standard InChI is InChI=1S/C24H27BrCl2N2O2S/c1-16(24(31)28-20-4-2-3-5-20)29(13-18-8-11-21(26)22(27)12-18)23(30)15-32-14-17-6-9-19(25)10-7-17/h6-12,16,20H,2-5,13-15H2,1H3,(H,28,31). The Bertz CT molecular complexity index is 936. The van der Waals surface area contributed by atoms with Crippen LogP contribution in [0.5, 0.6) is 0 Å². The van der Waals surface area contributed by atoms with Gasteiger partial charge in [0.15, 0.2) is 0 Å². The number of carbonyl (C=O) groups excluding carboxylic acids is 2. The van der Waals surface area contributed by atoms with Crippen molar-refractivity contribution >= 4 is 62.7 Å². The SMILES string of the molecule is CC(C(=O)NC1CCCC1)N(Cc1ccc(Cl)c(Cl)c1)C(=O)CSCc1ccc(Br)cc1. The Balaban J connectivity index is 1.67. The summed E-state index contributed by atoms with van der Waals surface area (Å²) in [4.78, 5) is 27.7. The van der Waals surface area contributed by atoms with E-state index < -0.39 is 6.04 Å². The zero-order valence-corrected chi connectivity index (χ0v) is 21.9. The molecule has 172 valence electrons. The second kappa shape index (κ2) is 12.3. The highest BCUT2D eigenvalue weighted by Crippen LogP contribution is 2.25. The molecule has 2 aromatic rings. The molecule has 1 fully saturated rings. The van der Waals surface area contributed by atoms with E-state index in [4.69, 9.17) is 23.2 Å². The molecule has 2 aromatic carbocycles. The van der Waals surface area contributed by atoms with Crippen molar-refractivity contribution in [2.24, 2.45) is 0 Å². The predicted molar refractivity (Wildman–Crippen MR) is 137 cm³/mol. The van der Waals surface area contributed by atoms with E-state index in [1.54, 1.807) is 35.7 Å². The highest BCUT2D eigenvalue weighted by Gasteiger charge is 2.28. The van der Waals surface area contributed by atoms with Gasteiger partial charge < -0.3 is 10.2 Å². The number of rotatable bonds is 9. The van der Waals surface area contributed by atoms with Gasteiger partial charge in [0.1, 0.15) is 6.04 Å². The summed E-state index contributed by atoms with van der Waals surface area (Å²) in [5, 5.41) is 4.01. The van der Waals surface area contributed by atoms with Crippen LogP contribution in [0.2, 0.25) is 10.0 Å². The average Bonchev–Trinajstić information content (AvgIpc) is 3.28. The van der Waals surface area contributed by atoms with Gasteiger partial charge in [0.05, 0.1) is 15.8 Å². The molecule has 1 saturated carbocycles. The maximum Gasteiger partial charge on any atom is 0.242 e. The molecule has 0 spiro atoms. The first-order valence-corrected chi connectivity index (χ1v) is 13.4. The van der Waals surface area contributed by atoms with Crippen molar-refractivity contribution in [2.45, 2.75) is 57.0 Å². The first-order chi connectivity index (χ1) is 15.3. The zero-order chi connectivity index (χ0) is 23.1. The van der Waals surface area contributed by atoms with Crippen molar-refractivity contribution in [3.63, 3.8) is 0 Å². The molecular formula is C24H27BrCl2N2O2S. The van der Waals surface area contributed by atoms with Crippen LogP contribution in [0.4, 0.5) is 0 Å². The Morgan fingerprint density at radius 1 is 1.09 bits per heavy atom. The van der Waals surface area contributed by atoms with Crippen LogP contribution >= 0.6 is 50.9 Å². The maximum atomic E-state index is 13.2. The summed E-state index contributed by atoms with van der Waals surface area (Å²) in [6.45, 7) is 2.09.